The fourth-order valence-corrected chi connectivity index (χ4v) is 4.58. The summed E-state index contributed by atoms with van der Waals surface area (Å²) in [5.41, 5.74) is 1.85. The smallest absolute Gasteiger partial charge is 0.311 e. The molecule has 4 aromatic carbocycles. The lowest BCUT2D eigenvalue weighted by Gasteiger charge is -2.11. The number of aryl methyl sites for hydroxylation is 1. The van der Waals surface area contributed by atoms with E-state index in [9.17, 15) is 19.7 Å². The molecule has 43 heavy (non-hydrogen) atoms. The van der Waals surface area contributed by atoms with Gasteiger partial charge in [-0.1, -0.05) is 54.6 Å². The zero-order valence-electron chi connectivity index (χ0n) is 22.8. The van der Waals surface area contributed by atoms with Crippen molar-refractivity contribution >= 4 is 45.4 Å². The molecule has 2 aromatic heterocycles. The molecular weight excluding hydrogens is 550 g/mol. The van der Waals surface area contributed by atoms with Gasteiger partial charge in [-0.25, -0.2) is 4.98 Å². The molecule has 0 atom stereocenters. The molecule has 1 amide bonds. The average molecular weight is 574 g/mol. The Morgan fingerprint density at radius 3 is 2.63 bits per heavy atom. The number of hydrogen-bond donors (Lipinski definition) is 1. The summed E-state index contributed by atoms with van der Waals surface area (Å²) < 4.78 is 12.8. The highest BCUT2D eigenvalue weighted by atomic mass is 16.6. The molecule has 0 aliphatic heterocycles. The number of benzene rings is 4. The number of nitrogens with zero attached hydrogens (tertiary/aromatic N) is 4. The average Bonchev–Trinajstić information content (AvgIpc) is 3.45. The van der Waals surface area contributed by atoms with E-state index in [1.807, 2.05) is 37.3 Å². The fraction of sp³-hybridized carbons (Fsp3) is 0.0625. The molecule has 0 radical (unpaired) electrons. The molecule has 6 aromatic rings. The van der Waals surface area contributed by atoms with Crippen molar-refractivity contribution < 1.29 is 18.9 Å². The topological polar surface area (TPSA) is 142 Å². The molecule has 212 valence electrons. The molecule has 0 aliphatic rings. The number of ether oxygens (including phenoxy) is 1. The van der Waals surface area contributed by atoms with Crippen LogP contribution in [-0.2, 0) is 4.79 Å². The van der Waals surface area contributed by atoms with Crippen molar-refractivity contribution in [2.45, 2.75) is 6.92 Å². The Labute approximate surface area is 243 Å². The van der Waals surface area contributed by atoms with Gasteiger partial charge in [-0.3, -0.25) is 19.7 Å². The van der Waals surface area contributed by atoms with Crippen LogP contribution in [0.3, 0.4) is 0 Å². The second-order valence-electron chi connectivity index (χ2n) is 9.57. The predicted molar refractivity (Wildman–Crippen MR) is 163 cm³/mol. The van der Waals surface area contributed by atoms with Crippen LogP contribution in [0.15, 0.2) is 111 Å². The number of rotatable bonds is 8. The minimum Gasteiger partial charge on any atom is -0.476 e. The number of nitro groups is 1. The highest BCUT2D eigenvalue weighted by Gasteiger charge is 2.21. The number of fused-ring (bicyclic) bond motifs is 2. The van der Waals surface area contributed by atoms with E-state index in [1.54, 1.807) is 48.5 Å². The molecule has 0 saturated heterocycles. The van der Waals surface area contributed by atoms with Crippen LogP contribution in [0, 0.1) is 17.0 Å². The molecule has 2 heterocycles. The Morgan fingerprint density at radius 1 is 1.05 bits per heavy atom. The third-order valence-electron chi connectivity index (χ3n) is 6.70. The lowest BCUT2D eigenvalue weighted by atomic mass is 10.2. The summed E-state index contributed by atoms with van der Waals surface area (Å²) in [5, 5.41) is 20.1. The lowest BCUT2D eigenvalue weighted by Crippen LogP contribution is -2.21. The summed E-state index contributed by atoms with van der Waals surface area (Å²) in [5.74, 6) is -0.230. The first-order chi connectivity index (χ1) is 20.9. The van der Waals surface area contributed by atoms with Crippen LogP contribution < -0.4 is 15.6 Å². The van der Waals surface area contributed by atoms with Crippen LogP contribution in [0.2, 0.25) is 0 Å². The highest BCUT2D eigenvalue weighted by molar-refractivity contribution is 5.93. The maximum Gasteiger partial charge on any atom is 0.311 e. The second-order valence-corrected chi connectivity index (χ2v) is 9.57. The van der Waals surface area contributed by atoms with Gasteiger partial charge in [0, 0.05) is 22.7 Å². The maximum absolute atomic E-state index is 13.6. The third-order valence-corrected chi connectivity index (χ3v) is 6.70. The van der Waals surface area contributed by atoms with E-state index in [2.05, 4.69) is 15.4 Å². The largest absolute Gasteiger partial charge is 0.476 e. The van der Waals surface area contributed by atoms with E-state index in [0.29, 0.717) is 27.9 Å². The van der Waals surface area contributed by atoms with Gasteiger partial charge in [0.1, 0.15) is 5.58 Å². The van der Waals surface area contributed by atoms with E-state index < -0.39 is 23.0 Å². The van der Waals surface area contributed by atoms with Crippen molar-refractivity contribution in [3.8, 4) is 17.3 Å². The van der Waals surface area contributed by atoms with Gasteiger partial charge >= 0.3 is 5.69 Å². The predicted octanol–water partition coefficient (Wildman–Crippen LogP) is 5.93. The maximum atomic E-state index is 13.6. The Morgan fingerprint density at radius 2 is 1.81 bits per heavy atom. The van der Waals surface area contributed by atoms with Gasteiger partial charge in [-0.05, 0) is 48.9 Å². The van der Waals surface area contributed by atoms with E-state index in [4.69, 9.17) is 9.15 Å². The monoisotopic (exact) mass is 573 g/mol. The van der Waals surface area contributed by atoms with E-state index in [0.717, 1.165) is 15.6 Å². The summed E-state index contributed by atoms with van der Waals surface area (Å²) in [4.78, 5) is 42.2. The molecule has 1 N–H and O–H groups in total. The molecule has 0 unspecified atom stereocenters. The zero-order chi connectivity index (χ0) is 29.9. The molecule has 0 saturated carbocycles. The molecule has 6 rings (SSSR count). The second kappa shape index (κ2) is 11.4. The van der Waals surface area contributed by atoms with Gasteiger partial charge in [0.25, 0.3) is 11.5 Å². The van der Waals surface area contributed by atoms with Gasteiger partial charge in [0.05, 0.1) is 22.0 Å². The van der Waals surface area contributed by atoms with Gasteiger partial charge < -0.3 is 14.5 Å². The summed E-state index contributed by atoms with van der Waals surface area (Å²) >= 11 is 0. The van der Waals surface area contributed by atoms with Gasteiger partial charge in [-0.2, -0.15) is 9.78 Å². The Kier molecular flexibility index (Phi) is 7.19. The third kappa shape index (κ3) is 5.46. The number of aromatic nitrogens is 2. The number of para-hydroxylation sites is 4. The molecule has 0 fully saturated rings. The first-order valence-electron chi connectivity index (χ1n) is 13.2. The molecular formula is C32H23N5O6. The number of anilines is 1. The molecule has 11 nitrogen and oxygen atoms in total. The number of nitrogens with one attached hydrogen (secondary N) is 1. The number of amides is 1. The van der Waals surface area contributed by atoms with E-state index >= 15 is 0 Å². The standard InChI is InChI=1S/C32H23N5O6/c1-20-9-2-5-13-24(20)34-29(38)19-42-30-22(11-8-15-26(30)37(40)41)18-33-36-31(28-17-21-10-3-7-16-27(21)43-28)35-25-14-6-4-12-23(25)32(36)39/h2-18H,19H2,1H3,(H,34,38). The highest BCUT2D eigenvalue weighted by Crippen LogP contribution is 2.31. The Bertz CT molecular complexity index is 2080. The van der Waals surface area contributed by atoms with Gasteiger partial charge in [-0.15, -0.1) is 0 Å². The van der Waals surface area contributed by atoms with Crippen LogP contribution in [-0.4, -0.2) is 33.3 Å². The zero-order valence-corrected chi connectivity index (χ0v) is 22.8. The molecule has 0 bridgehead atoms. The number of nitro benzene ring substituents is 1. The van der Waals surface area contributed by atoms with Crippen LogP contribution in [0.4, 0.5) is 11.4 Å². The quantitative estimate of drug-likeness (QED) is 0.135. The fourth-order valence-electron chi connectivity index (χ4n) is 4.58. The summed E-state index contributed by atoms with van der Waals surface area (Å²) in [6.07, 6.45) is 1.26. The van der Waals surface area contributed by atoms with Crippen molar-refractivity contribution in [1.29, 1.82) is 0 Å². The first kappa shape index (κ1) is 27.1. The Hall–Kier alpha value is -6.10. The van der Waals surface area contributed by atoms with Crippen LogP contribution in [0.5, 0.6) is 5.75 Å². The van der Waals surface area contributed by atoms with Crippen molar-refractivity contribution in [2.24, 2.45) is 5.10 Å². The van der Waals surface area contributed by atoms with Crippen LogP contribution in [0.1, 0.15) is 11.1 Å². The van der Waals surface area contributed by atoms with Crippen molar-refractivity contribution in [1.82, 2.24) is 9.66 Å². The van der Waals surface area contributed by atoms with Crippen molar-refractivity contribution in [3.05, 3.63) is 129 Å². The molecule has 0 aliphatic carbocycles. The summed E-state index contributed by atoms with van der Waals surface area (Å²) in [7, 11) is 0. The van der Waals surface area contributed by atoms with Gasteiger partial charge in [0.2, 0.25) is 11.6 Å². The SMILES string of the molecule is Cc1ccccc1NC(=O)COc1c(C=Nn2c(-c3cc4ccccc4o3)nc3ccccc3c2=O)cccc1[N+](=O)[O-]. The van der Waals surface area contributed by atoms with Crippen molar-refractivity contribution in [3.63, 3.8) is 0 Å². The molecule has 11 heteroatoms. The number of carbonyl (C=O) groups is 1. The first-order valence-corrected chi connectivity index (χ1v) is 13.2. The van der Waals surface area contributed by atoms with Crippen molar-refractivity contribution in [2.75, 3.05) is 11.9 Å². The normalized spacial score (nSPS) is 11.3. The minimum absolute atomic E-state index is 0.140. The van der Waals surface area contributed by atoms with E-state index in [1.165, 1.54) is 24.4 Å². The van der Waals surface area contributed by atoms with E-state index in [-0.39, 0.29) is 22.8 Å². The lowest BCUT2D eigenvalue weighted by molar-refractivity contribution is -0.385. The summed E-state index contributed by atoms with van der Waals surface area (Å²) in [6, 6.07) is 27.4. The number of furan rings is 1. The number of carbonyl (C=O) groups excluding carboxylic acids is 1. The summed E-state index contributed by atoms with van der Waals surface area (Å²) in [6.45, 7) is 1.35. The minimum atomic E-state index is -0.616. The van der Waals surface area contributed by atoms with Gasteiger partial charge in [0.15, 0.2) is 12.4 Å². The Balaban J connectivity index is 1.39. The van der Waals surface area contributed by atoms with Crippen LogP contribution in [0.25, 0.3) is 33.5 Å². The molecule has 0 spiro atoms. The number of hydrogen-bond acceptors (Lipinski definition) is 8. The van der Waals surface area contributed by atoms with Crippen LogP contribution >= 0.6 is 0 Å².